The van der Waals surface area contributed by atoms with E-state index in [2.05, 4.69) is 15.5 Å². The third-order valence-corrected chi connectivity index (χ3v) is 2.76. The van der Waals surface area contributed by atoms with Crippen molar-refractivity contribution in [3.63, 3.8) is 0 Å². The summed E-state index contributed by atoms with van der Waals surface area (Å²) in [6, 6.07) is 9.24. The highest BCUT2D eigenvalue weighted by molar-refractivity contribution is 5.92. The fraction of sp³-hybridized carbons (Fsp3) is 0.308. The number of nitrogens with zero attached hydrogens (tertiary/aromatic N) is 3. The molecule has 2 rings (SSSR count). The Labute approximate surface area is 110 Å². The first kappa shape index (κ1) is 13.2. The number of nitriles is 1. The number of aromatic nitrogens is 2. The summed E-state index contributed by atoms with van der Waals surface area (Å²) < 4.78 is 0. The van der Waals surface area contributed by atoms with Crippen molar-refractivity contribution < 1.29 is 10.2 Å². The molecule has 0 saturated carbocycles. The van der Waals surface area contributed by atoms with Gasteiger partial charge in [-0.1, -0.05) is 18.2 Å². The Morgan fingerprint density at radius 3 is 2.79 bits per heavy atom. The molecule has 98 valence electrons. The van der Waals surface area contributed by atoms with Crippen molar-refractivity contribution in [1.29, 1.82) is 5.26 Å². The van der Waals surface area contributed by atoms with Crippen LogP contribution in [0.15, 0.2) is 24.3 Å². The molecule has 3 N–H and O–H groups in total. The van der Waals surface area contributed by atoms with E-state index in [4.69, 9.17) is 10.4 Å². The molecule has 1 aromatic carbocycles. The minimum absolute atomic E-state index is 0.105. The third kappa shape index (κ3) is 2.78. The summed E-state index contributed by atoms with van der Waals surface area (Å²) in [5.74, 6) is 0. The first-order chi connectivity index (χ1) is 9.07. The fourth-order valence-electron chi connectivity index (χ4n) is 1.65. The number of aliphatic hydroxyl groups is 2. The van der Waals surface area contributed by atoms with E-state index in [1.54, 1.807) is 6.07 Å². The van der Waals surface area contributed by atoms with Crippen LogP contribution in [0, 0.1) is 11.3 Å². The summed E-state index contributed by atoms with van der Waals surface area (Å²) in [6.45, 7) is 1.23. The molecular weight excluding hydrogens is 244 g/mol. The SMILES string of the molecule is CC(O)(CO)CNc1c(C#N)nnc2ccccc12. The van der Waals surface area contributed by atoms with Gasteiger partial charge >= 0.3 is 0 Å². The van der Waals surface area contributed by atoms with Crippen LogP contribution in [0.5, 0.6) is 0 Å². The van der Waals surface area contributed by atoms with Crippen molar-refractivity contribution in [2.45, 2.75) is 12.5 Å². The van der Waals surface area contributed by atoms with Gasteiger partial charge in [0.2, 0.25) is 0 Å². The lowest BCUT2D eigenvalue weighted by atomic mass is 10.1. The summed E-state index contributed by atoms with van der Waals surface area (Å²) in [6.07, 6.45) is 0. The highest BCUT2D eigenvalue weighted by Crippen LogP contribution is 2.24. The maximum absolute atomic E-state index is 9.79. The lowest BCUT2D eigenvalue weighted by molar-refractivity contribution is 0.0132. The highest BCUT2D eigenvalue weighted by atomic mass is 16.3. The minimum Gasteiger partial charge on any atom is -0.393 e. The van der Waals surface area contributed by atoms with Gasteiger partial charge in [-0.2, -0.15) is 5.26 Å². The van der Waals surface area contributed by atoms with Crippen LogP contribution in [0.3, 0.4) is 0 Å². The molecule has 0 amide bonds. The van der Waals surface area contributed by atoms with Gasteiger partial charge in [-0.25, -0.2) is 0 Å². The van der Waals surface area contributed by atoms with E-state index in [1.807, 2.05) is 24.3 Å². The molecule has 1 heterocycles. The Morgan fingerprint density at radius 1 is 1.37 bits per heavy atom. The standard InChI is InChI=1S/C13H14N4O2/c1-13(19,8-18)7-15-12-9-4-2-3-5-10(9)16-17-11(12)6-14/h2-5,18-19H,7-8H2,1H3,(H,15,16). The molecule has 19 heavy (non-hydrogen) atoms. The molecule has 0 radical (unpaired) electrons. The number of fused-ring (bicyclic) bond motifs is 1. The normalized spacial score (nSPS) is 13.8. The molecular formula is C13H14N4O2. The van der Waals surface area contributed by atoms with Crippen molar-refractivity contribution in [1.82, 2.24) is 10.2 Å². The Bertz CT molecular complexity index is 634. The average Bonchev–Trinajstić information content (AvgIpc) is 2.44. The van der Waals surface area contributed by atoms with Crippen LogP contribution in [0.2, 0.25) is 0 Å². The summed E-state index contributed by atoms with van der Waals surface area (Å²) in [4.78, 5) is 0. The van der Waals surface area contributed by atoms with Crippen molar-refractivity contribution in [3.05, 3.63) is 30.0 Å². The van der Waals surface area contributed by atoms with E-state index in [9.17, 15) is 5.11 Å². The molecule has 1 unspecified atom stereocenters. The molecule has 0 spiro atoms. The summed E-state index contributed by atoms with van der Waals surface area (Å²) in [5.41, 5.74) is 0.0683. The van der Waals surface area contributed by atoms with Crippen molar-refractivity contribution >= 4 is 16.6 Å². The van der Waals surface area contributed by atoms with E-state index in [1.165, 1.54) is 6.92 Å². The number of rotatable bonds is 4. The second-order valence-electron chi connectivity index (χ2n) is 4.56. The average molecular weight is 258 g/mol. The van der Waals surface area contributed by atoms with Crippen LogP contribution in [0.25, 0.3) is 10.9 Å². The van der Waals surface area contributed by atoms with Crippen molar-refractivity contribution in [2.75, 3.05) is 18.5 Å². The van der Waals surface area contributed by atoms with Crippen molar-refractivity contribution in [2.24, 2.45) is 0 Å². The first-order valence-electron chi connectivity index (χ1n) is 5.80. The molecule has 0 fully saturated rings. The molecule has 1 atom stereocenters. The van der Waals surface area contributed by atoms with E-state index in [0.717, 1.165) is 5.39 Å². The highest BCUT2D eigenvalue weighted by Gasteiger charge is 2.20. The largest absolute Gasteiger partial charge is 0.393 e. The topological polar surface area (TPSA) is 102 Å². The quantitative estimate of drug-likeness (QED) is 0.744. The van der Waals surface area contributed by atoms with Crippen LogP contribution in [-0.2, 0) is 0 Å². The Balaban J connectivity index is 2.43. The van der Waals surface area contributed by atoms with Gasteiger partial charge in [-0.05, 0) is 13.0 Å². The second kappa shape index (κ2) is 5.18. The molecule has 0 aliphatic carbocycles. The van der Waals surface area contributed by atoms with Gasteiger partial charge in [0.25, 0.3) is 0 Å². The number of benzene rings is 1. The zero-order valence-electron chi connectivity index (χ0n) is 10.5. The number of aliphatic hydroxyl groups excluding tert-OH is 1. The zero-order valence-corrected chi connectivity index (χ0v) is 10.5. The third-order valence-electron chi connectivity index (χ3n) is 2.76. The maximum atomic E-state index is 9.79. The molecule has 0 saturated heterocycles. The van der Waals surface area contributed by atoms with Gasteiger partial charge in [0.15, 0.2) is 5.69 Å². The van der Waals surface area contributed by atoms with Crippen LogP contribution in [0.1, 0.15) is 12.6 Å². The van der Waals surface area contributed by atoms with Crippen LogP contribution in [-0.4, -0.2) is 39.2 Å². The molecule has 0 aliphatic rings. The summed E-state index contributed by atoms with van der Waals surface area (Å²) in [7, 11) is 0. The fourth-order valence-corrected chi connectivity index (χ4v) is 1.65. The molecule has 2 aromatic rings. The van der Waals surface area contributed by atoms with Gasteiger partial charge in [0, 0.05) is 11.9 Å². The Morgan fingerprint density at radius 2 is 2.11 bits per heavy atom. The van der Waals surface area contributed by atoms with E-state index >= 15 is 0 Å². The van der Waals surface area contributed by atoms with Crippen LogP contribution >= 0.6 is 0 Å². The van der Waals surface area contributed by atoms with E-state index in [0.29, 0.717) is 11.2 Å². The van der Waals surface area contributed by atoms with E-state index in [-0.39, 0.29) is 18.8 Å². The number of anilines is 1. The number of nitrogens with one attached hydrogen (secondary N) is 1. The minimum atomic E-state index is -1.27. The first-order valence-corrected chi connectivity index (χ1v) is 5.80. The summed E-state index contributed by atoms with van der Waals surface area (Å²) >= 11 is 0. The molecule has 0 aliphatic heterocycles. The Kier molecular flexibility index (Phi) is 3.60. The second-order valence-corrected chi connectivity index (χ2v) is 4.56. The predicted molar refractivity (Wildman–Crippen MR) is 70.5 cm³/mol. The van der Waals surface area contributed by atoms with Gasteiger partial charge in [-0.15, -0.1) is 10.2 Å². The molecule has 6 heteroatoms. The lowest BCUT2D eigenvalue weighted by Crippen LogP contribution is -2.37. The molecule has 0 bridgehead atoms. The van der Waals surface area contributed by atoms with Gasteiger partial charge in [-0.3, -0.25) is 0 Å². The van der Waals surface area contributed by atoms with Gasteiger partial charge in [0.1, 0.15) is 11.7 Å². The van der Waals surface area contributed by atoms with Crippen molar-refractivity contribution in [3.8, 4) is 6.07 Å². The van der Waals surface area contributed by atoms with Crippen LogP contribution in [0.4, 0.5) is 5.69 Å². The predicted octanol–water partition coefficient (Wildman–Crippen LogP) is 0.657. The lowest BCUT2D eigenvalue weighted by Gasteiger charge is -2.22. The summed E-state index contributed by atoms with van der Waals surface area (Å²) in [5, 5.41) is 39.4. The van der Waals surface area contributed by atoms with E-state index < -0.39 is 5.60 Å². The van der Waals surface area contributed by atoms with Crippen LogP contribution < -0.4 is 5.32 Å². The zero-order chi connectivity index (χ0) is 13.9. The maximum Gasteiger partial charge on any atom is 0.186 e. The van der Waals surface area contributed by atoms with Gasteiger partial charge < -0.3 is 15.5 Å². The number of hydrogen-bond acceptors (Lipinski definition) is 6. The molecule has 1 aromatic heterocycles. The Hall–Kier alpha value is -2.23. The smallest absolute Gasteiger partial charge is 0.186 e. The van der Waals surface area contributed by atoms with Gasteiger partial charge in [0.05, 0.1) is 17.8 Å². The number of hydrogen-bond donors (Lipinski definition) is 3. The molecule has 6 nitrogen and oxygen atoms in total. The monoisotopic (exact) mass is 258 g/mol.